The largest absolute Gasteiger partial charge is 0.353 e. The maximum Gasteiger partial charge on any atom is 0.242 e. The summed E-state index contributed by atoms with van der Waals surface area (Å²) in [4.78, 5) is 27.0. The second-order valence-corrected chi connectivity index (χ2v) is 7.47. The molecule has 0 aliphatic carbocycles. The lowest BCUT2D eigenvalue weighted by atomic mass is 10.2. The molecule has 2 aromatic heterocycles. The Labute approximate surface area is 151 Å². The van der Waals surface area contributed by atoms with Crippen molar-refractivity contribution in [1.29, 1.82) is 0 Å². The highest BCUT2D eigenvalue weighted by Crippen LogP contribution is 2.31. The molecule has 0 spiro atoms. The van der Waals surface area contributed by atoms with E-state index in [2.05, 4.69) is 30.4 Å². The van der Waals surface area contributed by atoms with E-state index in [1.165, 1.54) is 0 Å². The van der Waals surface area contributed by atoms with E-state index >= 15 is 0 Å². The van der Waals surface area contributed by atoms with Crippen LogP contribution in [-0.4, -0.2) is 72.6 Å². The Kier molecular flexibility index (Phi) is 5.09. The SMILES string of the molecule is O=C(NCCN1CCNCC1)C1CCCN1c1ncnc2sccc12. The topological polar surface area (TPSA) is 73.4 Å². The van der Waals surface area contributed by atoms with Crippen molar-refractivity contribution in [3.8, 4) is 0 Å². The van der Waals surface area contributed by atoms with Gasteiger partial charge in [0.05, 0.1) is 5.39 Å². The molecule has 4 rings (SSSR count). The van der Waals surface area contributed by atoms with Crippen LogP contribution < -0.4 is 15.5 Å². The molecular formula is C17H24N6OS. The maximum absolute atomic E-state index is 12.7. The minimum Gasteiger partial charge on any atom is -0.353 e. The molecule has 4 heterocycles. The lowest BCUT2D eigenvalue weighted by Gasteiger charge is -2.28. The van der Waals surface area contributed by atoms with Crippen LogP contribution >= 0.6 is 11.3 Å². The smallest absolute Gasteiger partial charge is 0.242 e. The van der Waals surface area contributed by atoms with Crippen LogP contribution in [0.2, 0.25) is 0 Å². The standard InChI is InChI=1S/C17H24N6OS/c24-16(19-6-10-22-8-4-18-5-9-22)14-2-1-7-23(14)15-13-3-11-25-17(13)21-12-20-15/h3,11-12,14,18H,1-2,4-10H2,(H,19,24). The van der Waals surface area contributed by atoms with Gasteiger partial charge in [0.1, 0.15) is 23.0 Å². The van der Waals surface area contributed by atoms with Gasteiger partial charge < -0.3 is 15.5 Å². The molecule has 134 valence electrons. The molecular weight excluding hydrogens is 336 g/mol. The Morgan fingerprint density at radius 1 is 1.32 bits per heavy atom. The summed E-state index contributed by atoms with van der Waals surface area (Å²) >= 11 is 1.61. The molecule has 2 fully saturated rings. The first kappa shape index (κ1) is 16.7. The first-order valence-corrected chi connectivity index (χ1v) is 9.86. The van der Waals surface area contributed by atoms with Crippen molar-refractivity contribution >= 4 is 33.3 Å². The second kappa shape index (κ2) is 7.63. The Bertz CT molecular complexity index is 729. The van der Waals surface area contributed by atoms with Crippen molar-refractivity contribution in [2.45, 2.75) is 18.9 Å². The fraction of sp³-hybridized carbons (Fsp3) is 0.588. The normalized spacial score (nSPS) is 21.8. The predicted molar refractivity (Wildman–Crippen MR) is 100 cm³/mol. The van der Waals surface area contributed by atoms with Crippen LogP contribution in [0.4, 0.5) is 5.82 Å². The van der Waals surface area contributed by atoms with Gasteiger partial charge in [-0.1, -0.05) is 0 Å². The van der Waals surface area contributed by atoms with Gasteiger partial charge in [0.2, 0.25) is 5.91 Å². The molecule has 1 amide bonds. The van der Waals surface area contributed by atoms with E-state index in [0.717, 1.165) is 68.1 Å². The van der Waals surface area contributed by atoms with E-state index in [1.54, 1.807) is 17.7 Å². The van der Waals surface area contributed by atoms with Gasteiger partial charge in [-0.25, -0.2) is 9.97 Å². The zero-order chi connectivity index (χ0) is 17.1. The summed E-state index contributed by atoms with van der Waals surface area (Å²) in [5, 5.41) is 9.56. The summed E-state index contributed by atoms with van der Waals surface area (Å²) in [6, 6.07) is 1.92. The number of fused-ring (bicyclic) bond motifs is 1. The Morgan fingerprint density at radius 2 is 2.20 bits per heavy atom. The highest BCUT2D eigenvalue weighted by molar-refractivity contribution is 7.16. The third kappa shape index (κ3) is 3.61. The van der Waals surface area contributed by atoms with Crippen LogP contribution in [0.3, 0.4) is 0 Å². The van der Waals surface area contributed by atoms with Crippen LogP contribution in [0.5, 0.6) is 0 Å². The van der Waals surface area contributed by atoms with Gasteiger partial charge in [-0.05, 0) is 24.3 Å². The van der Waals surface area contributed by atoms with Crippen molar-refractivity contribution in [1.82, 2.24) is 25.5 Å². The van der Waals surface area contributed by atoms with Crippen LogP contribution in [0.25, 0.3) is 10.2 Å². The summed E-state index contributed by atoms with van der Waals surface area (Å²) in [6.45, 7) is 6.69. The number of carbonyl (C=O) groups is 1. The summed E-state index contributed by atoms with van der Waals surface area (Å²) < 4.78 is 0. The van der Waals surface area contributed by atoms with Gasteiger partial charge in [-0.2, -0.15) is 0 Å². The number of carbonyl (C=O) groups excluding carboxylic acids is 1. The molecule has 1 unspecified atom stereocenters. The molecule has 2 aliphatic heterocycles. The van der Waals surface area contributed by atoms with Crippen LogP contribution in [0.1, 0.15) is 12.8 Å². The Balaban J connectivity index is 1.39. The highest BCUT2D eigenvalue weighted by atomic mass is 32.1. The first-order chi connectivity index (χ1) is 12.3. The number of anilines is 1. The third-order valence-electron chi connectivity index (χ3n) is 5.01. The number of thiophene rings is 1. The predicted octanol–water partition coefficient (Wildman–Crippen LogP) is 0.681. The fourth-order valence-electron chi connectivity index (χ4n) is 3.69. The van der Waals surface area contributed by atoms with E-state index in [-0.39, 0.29) is 11.9 Å². The first-order valence-electron chi connectivity index (χ1n) is 8.98. The summed E-state index contributed by atoms with van der Waals surface area (Å²) in [6.07, 6.45) is 3.51. The molecule has 0 aromatic carbocycles. The molecule has 7 nitrogen and oxygen atoms in total. The van der Waals surface area contributed by atoms with Crippen molar-refractivity contribution in [3.63, 3.8) is 0 Å². The molecule has 0 bridgehead atoms. The van der Waals surface area contributed by atoms with Crippen LogP contribution in [0, 0.1) is 0 Å². The number of piperazine rings is 1. The molecule has 2 N–H and O–H groups in total. The van der Waals surface area contributed by atoms with Gasteiger partial charge in [-0.15, -0.1) is 11.3 Å². The van der Waals surface area contributed by atoms with Gasteiger partial charge >= 0.3 is 0 Å². The molecule has 25 heavy (non-hydrogen) atoms. The highest BCUT2D eigenvalue weighted by Gasteiger charge is 2.32. The molecule has 8 heteroatoms. The molecule has 0 radical (unpaired) electrons. The molecule has 1 atom stereocenters. The Hall–Kier alpha value is -1.77. The van der Waals surface area contributed by atoms with Crippen molar-refractivity contribution in [2.75, 3.05) is 50.7 Å². The zero-order valence-electron chi connectivity index (χ0n) is 14.3. The van der Waals surface area contributed by atoms with E-state index in [1.807, 2.05) is 11.4 Å². The average molecular weight is 360 g/mol. The van der Waals surface area contributed by atoms with E-state index in [9.17, 15) is 4.79 Å². The molecule has 2 aromatic rings. The molecule has 0 saturated carbocycles. The minimum absolute atomic E-state index is 0.120. The average Bonchev–Trinajstić information content (AvgIpc) is 3.31. The maximum atomic E-state index is 12.7. The quantitative estimate of drug-likeness (QED) is 0.817. The number of aromatic nitrogens is 2. The third-order valence-corrected chi connectivity index (χ3v) is 5.83. The molecule has 2 aliphatic rings. The number of hydrogen-bond donors (Lipinski definition) is 2. The van der Waals surface area contributed by atoms with Crippen molar-refractivity contribution in [3.05, 3.63) is 17.8 Å². The summed E-state index contributed by atoms with van der Waals surface area (Å²) in [5.74, 6) is 1.01. The van der Waals surface area contributed by atoms with E-state index in [4.69, 9.17) is 0 Å². The lowest BCUT2D eigenvalue weighted by molar-refractivity contribution is -0.122. The van der Waals surface area contributed by atoms with Crippen LogP contribution in [0.15, 0.2) is 17.8 Å². The van der Waals surface area contributed by atoms with E-state index < -0.39 is 0 Å². The van der Waals surface area contributed by atoms with Gasteiger partial charge in [0, 0.05) is 45.8 Å². The van der Waals surface area contributed by atoms with Gasteiger partial charge in [-0.3, -0.25) is 9.69 Å². The molecule has 2 saturated heterocycles. The number of nitrogens with zero attached hydrogens (tertiary/aromatic N) is 4. The number of rotatable bonds is 5. The minimum atomic E-state index is -0.124. The van der Waals surface area contributed by atoms with Crippen LogP contribution in [-0.2, 0) is 4.79 Å². The number of amides is 1. The summed E-state index contributed by atoms with van der Waals surface area (Å²) in [7, 11) is 0. The monoisotopic (exact) mass is 360 g/mol. The number of hydrogen-bond acceptors (Lipinski definition) is 7. The fourth-order valence-corrected chi connectivity index (χ4v) is 4.42. The second-order valence-electron chi connectivity index (χ2n) is 6.57. The Morgan fingerprint density at radius 3 is 3.08 bits per heavy atom. The van der Waals surface area contributed by atoms with Crippen molar-refractivity contribution < 1.29 is 4.79 Å². The van der Waals surface area contributed by atoms with Gasteiger partial charge in [0.15, 0.2) is 0 Å². The van der Waals surface area contributed by atoms with Gasteiger partial charge in [0.25, 0.3) is 0 Å². The van der Waals surface area contributed by atoms with E-state index in [0.29, 0.717) is 6.54 Å². The number of nitrogens with one attached hydrogen (secondary N) is 2. The lowest BCUT2D eigenvalue weighted by Crippen LogP contribution is -2.48. The van der Waals surface area contributed by atoms with Crippen molar-refractivity contribution in [2.24, 2.45) is 0 Å². The zero-order valence-corrected chi connectivity index (χ0v) is 15.1. The summed E-state index contributed by atoms with van der Waals surface area (Å²) in [5.41, 5.74) is 0.